The van der Waals surface area contributed by atoms with Crippen molar-refractivity contribution in [2.45, 2.75) is 135 Å². The van der Waals surface area contributed by atoms with Crippen LogP contribution in [0.4, 0.5) is 0 Å². The molecule has 0 saturated heterocycles. The van der Waals surface area contributed by atoms with Crippen LogP contribution >= 0.6 is 7.82 Å². The minimum absolute atomic E-state index is 0. The number of hydrogen-bond donors (Lipinski definition) is 0. The van der Waals surface area contributed by atoms with Crippen molar-refractivity contribution < 1.29 is 23.7 Å². The summed E-state index contributed by atoms with van der Waals surface area (Å²) in [5, 5.41) is 0. The molecule has 168 valence electrons. The molecule has 0 unspecified atom stereocenters. The summed E-state index contributed by atoms with van der Waals surface area (Å²) in [5.74, 6) is -0.930. The molecule has 0 rings (SSSR count). The van der Waals surface area contributed by atoms with E-state index in [1.807, 2.05) is 0 Å². The van der Waals surface area contributed by atoms with Gasteiger partial charge in [0.15, 0.2) is 0 Å². The van der Waals surface area contributed by atoms with Gasteiger partial charge in [0.05, 0.1) is 0 Å². The molecule has 0 amide bonds. The van der Waals surface area contributed by atoms with Crippen LogP contribution in [0.1, 0.15) is 135 Å². The molecule has 0 spiro atoms. The van der Waals surface area contributed by atoms with Gasteiger partial charge in [-0.1, -0.05) is 122 Å². The maximum Gasteiger partial charge on any atom is 2.00 e. The first-order valence-electron chi connectivity index (χ1n) is 11.7. The molecule has 0 aliphatic carbocycles. The third-order valence-electron chi connectivity index (χ3n) is 5.20. The molecule has 0 aliphatic rings. The van der Waals surface area contributed by atoms with Gasteiger partial charge in [-0.25, -0.2) is 0 Å². The van der Waals surface area contributed by atoms with Gasteiger partial charge in [0.2, 0.25) is 0 Å². The minimum atomic E-state index is -5.17. The van der Waals surface area contributed by atoms with Crippen molar-refractivity contribution in [3.8, 4) is 0 Å². The van der Waals surface area contributed by atoms with Crippen LogP contribution in [-0.2, 0) is 13.9 Å². The van der Waals surface area contributed by atoms with Gasteiger partial charge >= 0.3 is 29.0 Å². The summed E-state index contributed by atoms with van der Waals surface area (Å²) in [6.07, 6.45) is 24.2. The number of hydrogen-bond acceptors (Lipinski definition) is 5. The molecule has 0 saturated carbocycles. The first kappa shape index (κ1) is 31.6. The number of phosphoric ester groups is 1. The first-order valence-corrected chi connectivity index (χ1v) is 13.2. The summed E-state index contributed by atoms with van der Waals surface area (Å²) in [4.78, 5) is 31.6. The molecule has 0 bridgehead atoms. The Morgan fingerprint density at radius 3 is 1.17 bits per heavy atom. The standard InChI is InChI=1S/C22H45O5P.Mg/c1-2-3-4-5-6-7-8-9-10-11-12-13-14-15-16-17-18-19-20-21-22(23)27-28(24,25)26;/h2-21H2,1H3,(H2,24,25,26);/q;+2/p-2. The smallest absolute Gasteiger partial charge is 0.780 e. The van der Waals surface area contributed by atoms with Crippen molar-refractivity contribution in [3.63, 3.8) is 0 Å². The van der Waals surface area contributed by atoms with Crippen LogP contribution in [0.2, 0.25) is 0 Å². The van der Waals surface area contributed by atoms with Crippen molar-refractivity contribution >= 4 is 36.8 Å². The predicted molar refractivity (Wildman–Crippen MR) is 117 cm³/mol. The second-order valence-electron chi connectivity index (χ2n) is 8.02. The predicted octanol–water partition coefficient (Wildman–Crippen LogP) is 5.80. The second kappa shape index (κ2) is 23.1. The fraction of sp³-hybridized carbons (Fsp3) is 0.955. The van der Waals surface area contributed by atoms with Gasteiger partial charge in [0.25, 0.3) is 0 Å². The van der Waals surface area contributed by atoms with Gasteiger partial charge in [0.1, 0.15) is 7.82 Å². The first-order chi connectivity index (χ1) is 13.5. The fourth-order valence-corrected chi connectivity index (χ4v) is 3.86. The molecule has 0 fully saturated rings. The topological polar surface area (TPSA) is 89.5 Å². The Morgan fingerprint density at radius 1 is 0.621 bits per heavy atom. The Balaban J connectivity index is 0. The molecule has 0 N–H and O–H groups in total. The monoisotopic (exact) mass is 442 g/mol. The molecule has 5 nitrogen and oxygen atoms in total. The van der Waals surface area contributed by atoms with Gasteiger partial charge in [-0.05, 0) is 6.42 Å². The molecule has 0 aromatic heterocycles. The van der Waals surface area contributed by atoms with Crippen molar-refractivity contribution in [3.05, 3.63) is 0 Å². The normalized spacial score (nSPS) is 11.3. The van der Waals surface area contributed by atoms with E-state index in [4.69, 9.17) is 0 Å². The molecule has 7 heteroatoms. The fourth-order valence-electron chi connectivity index (χ4n) is 3.52. The third-order valence-corrected chi connectivity index (χ3v) is 5.63. The maximum absolute atomic E-state index is 11.0. The molecule has 0 heterocycles. The zero-order chi connectivity index (χ0) is 20.9. The average molecular weight is 443 g/mol. The van der Waals surface area contributed by atoms with Gasteiger partial charge in [-0.2, -0.15) is 0 Å². The van der Waals surface area contributed by atoms with E-state index in [1.54, 1.807) is 0 Å². The number of carbonyl (C=O) groups is 1. The summed E-state index contributed by atoms with van der Waals surface area (Å²) in [5.41, 5.74) is 0. The van der Waals surface area contributed by atoms with E-state index in [9.17, 15) is 19.1 Å². The quantitative estimate of drug-likeness (QED) is 0.127. The van der Waals surface area contributed by atoms with E-state index in [-0.39, 0.29) is 29.5 Å². The summed E-state index contributed by atoms with van der Waals surface area (Å²) in [6.45, 7) is 2.27. The second-order valence-corrected chi connectivity index (χ2v) is 9.10. The van der Waals surface area contributed by atoms with E-state index in [0.29, 0.717) is 6.42 Å². The van der Waals surface area contributed by atoms with E-state index >= 15 is 0 Å². The van der Waals surface area contributed by atoms with Gasteiger partial charge in [0, 0.05) is 6.42 Å². The molecule has 0 aliphatic heterocycles. The molecule has 0 radical (unpaired) electrons. The van der Waals surface area contributed by atoms with E-state index in [0.717, 1.165) is 19.3 Å². The van der Waals surface area contributed by atoms with Crippen molar-refractivity contribution in [2.24, 2.45) is 0 Å². The number of unbranched alkanes of at least 4 members (excludes halogenated alkanes) is 18. The molecule has 0 atom stereocenters. The Morgan fingerprint density at radius 2 is 0.897 bits per heavy atom. The minimum Gasteiger partial charge on any atom is -0.780 e. The molecular weight excluding hydrogens is 400 g/mol. The third kappa shape index (κ3) is 28.4. The summed E-state index contributed by atoms with van der Waals surface area (Å²) < 4.78 is 14.1. The van der Waals surface area contributed by atoms with Crippen LogP contribution in [-0.4, -0.2) is 29.0 Å². The van der Waals surface area contributed by atoms with Crippen LogP contribution in [0, 0.1) is 0 Å². The maximum atomic E-state index is 11.0. The summed E-state index contributed by atoms with van der Waals surface area (Å²) >= 11 is 0. The zero-order valence-corrected chi connectivity index (χ0v) is 21.1. The SMILES string of the molecule is CCCCCCCCCCCCCCCCCCCCCC(=O)OP(=O)([O-])[O-].[Mg+2]. The largest absolute Gasteiger partial charge is 2.00 e. The van der Waals surface area contributed by atoms with Gasteiger partial charge in [-0.15, -0.1) is 0 Å². The van der Waals surface area contributed by atoms with Crippen LogP contribution in [0.25, 0.3) is 0 Å². The summed E-state index contributed by atoms with van der Waals surface area (Å²) in [7, 11) is -5.17. The number of carbonyl (C=O) groups excluding carboxylic acids is 1. The van der Waals surface area contributed by atoms with Crippen molar-refractivity contribution in [2.75, 3.05) is 0 Å². The Kier molecular flexibility index (Phi) is 25.1. The van der Waals surface area contributed by atoms with E-state index in [1.165, 1.54) is 96.3 Å². The number of rotatable bonds is 21. The molecular formula is C22H43MgO5P. The van der Waals surface area contributed by atoms with Crippen LogP contribution in [0.5, 0.6) is 0 Å². The van der Waals surface area contributed by atoms with Crippen LogP contribution < -0.4 is 9.79 Å². The van der Waals surface area contributed by atoms with Crippen LogP contribution in [0.15, 0.2) is 0 Å². The Bertz CT molecular complexity index is 401. The zero-order valence-electron chi connectivity index (χ0n) is 18.8. The number of phosphoric acid groups is 1. The molecule has 29 heavy (non-hydrogen) atoms. The van der Waals surface area contributed by atoms with E-state index in [2.05, 4.69) is 11.4 Å². The Labute approximate surface area is 195 Å². The summed E-state index contributed by atoms with van der Waals surface area (Å²) in [6, 6.07) is 0. The van der Waals surface area contributed by atoms with Gasteiger partial charge < -0.3 is 18.9 Å². The Hall–Kier alpha value is 0.386. The van der Waals surface area contributed by atoms with Crippen LogP contribution in [0.3, 0.4) is 0 Å². The van der Waals surface area contributed by atoms with Crippen molar-refractivity contribution in [1.29, 1.82) is 0 Å². The molecule has 0 aromatic carbocycles. The van der Waals surface area contributed by atoms with E-state index < -0.39 is 13.8 Å². The molecule has 0 aromatic rings. The van der Waals surface area contributed by atoms with Crippen molar-refractivity contribution in [1.82, 2.24) is 0 Å². The van der Waals surface area contributed by atoms with Gasteiger partial charge in [-0.3, -0.25) is 4.79 Å². The average Bonchev–Trinajstić information content (AvgIpc) is 2.62.